The second-order valence-electron chi connectivity index (χ2n) is 4.91. The van der Waals surface area contributed by atoms with Crippen LogP contribution >= 0.6 is 11.3 Å². The van der Waals surface area contributed by atoms with E-state index in [-0.39, 0.29) is 11.6 Å². The van der Waals surface area contributed by atoms with Gasteiger partial charge >= 0.3 is 12.1 Å². The summed E-state index contributed by atoms with van der Waals surface area (Å²) in [7, 11) is -3.04. The van der Waals surface area contributed by atoms with Gasteiger partial charge in [0.1, 0.15) is 0 Å². The van der Waals surface area contributed by atoms with E-state index in [0.29, 0.717) is 16.6 Å². The average molecular weight is 394 g/mol. The number of esters is 1. The van der Waals surface area contributed by atoms with Gasteiger partial charge in [0.15, 0.2) is 5.13 Å². The van der Waals surface area contributed by atoms with Crippen LogP contribution in [-0.2, 0) is 32.2 Å². The predicted molar refractivity (Wildman–Crippen MR) is 84.8 cm³/mol. The van der Waals surface area contributed by atoms with Crippen LogP contribution in [0.3, 0.4) is 0 Å². The zero-order chi connectivity index (χ0) is 18.8. The number of alkyl halides is 3. The Kier molecular flexibility index (Phi) is 5.37. The number of hydrogen-bond acceptors (Lipinski definition) is 6. The lowest BCUT2D eigenvalue weighted by Gasteiger charge is -2.09. The van der Waals surface area contributed by atoms with Gasteiger partial charge in [-0.2, -0.15) is 13.2 Å². The Balaban J connectivity index is 2.28. The number of carbonyl (C=O) groups is 1. The van der Waals surface area contributed by atoms with E-state index in [1.165, 1.54) is 7.11 Å². The number of halogens is 3. The molecule has 0 aliphatic heterocycles. The molecule has 1 aromatic heterocycles. The molecule has 136 valence electrons. The minimum absolute atomic E-state index is 0.0474. The summed E-state index contributed by atoms with van der Waals surface area (Å²) in [6.07, 6.45) is -4.79. The maximum Gasteiger partial charge on any atom is 0.416 e. The summed E-state index contributed by atoms with van der Waals surface area (Å²) in [5.74, 6) is -0.541. The molecule has 25 heavy (non-hydrogen) atoms. The third kappa shape index (κ3) is 4.69. The number of thiazole rings is 1. The van der Waals surface area contributed by atoms with Gasteiger partial charge in [0.05, 0.1) is 29.7 Å². The van der Waals surface area contributed by atoms with Crippen LogP contribution in [0.1, 0.15) is 16.1 Å². The molecule has 11 heteroatoms. The van der Waals surface area contributed by atoms with Gasteiger partial charge in [-0.3, -0.25) is 9.52 Å². The molecule has 1 N–H and O–H groups in total. The molecule has 2 rings (SSSR count). The number of benzene rings is 1. The quantitative estimate of drug-likeness (QED) is 0.788. The lowest BCUT2D eigenvalue weighted by Crippen LogP contribution is -2.14. The first kappa shape index (κ1) is 19.2. The summed E-state index contributed by atoms with van der Waals surface area (Å²) in [6, 6.07) is 3.37. The van der Waals surface area contributed by atoms with Crippen molar-refractivity contribution in [2.45, 2.75) is 24.4 Å². The molecule has 0 amide bonds. The highest BCUT2D eigenvalue weighted by atomic mass is 32.2. The molecule has 0 radical (unpaired) electrons. The summed E-state index contributed by atoms with van der Waals surface area (Å²) in [5.41, 5.74) is -0.740. The van der Waals surface area contributed by atoms with Crippen molar-refractivity contribution in [2.75, 3.05) is 11.8 Å². The molecule has 0 bridgehead atoms. The fourth-order valence-corrected chi connectivity index (χ4v) is 3.97. The van der Waals surface area contributed by atoms with E-state index in [9.17, 15) is 26.4 Å². The number of sulfonamides is 1. The number of aromatic nitrogens is 1. The van der Waals surface area contributed by atoms with E-state index in [1.807, 2.05) is 0 Å². The molecule has 0 unspecified atom stereocenters. The normalized spacial score (nSPS) is 12.0. The fraction of sp³-hybridized carbons (Fsp3) is 0.286. The topological polar surface area (TPSA) is 85.4 Å². The van der Waals surface area contributed by atoms with Crippen LogP contribution in [0.25, 0.3) is 0 Å². The Labute approximate surface area is 145 Å². The van der Waals surface area contributed by atoms with Crippen LogP contribution in [0.4, 0.5) is 18.3 Å². The maximum absolute atomic E-state index is 12.7. The van der Waals surface area contributed by atoms with E-state index in [4.69, 9.17) is 0 Å². The van der Waals surface area contributed by atoms with E-state index < -0.39 is 32.6 Å². The molecule has 1 aromatic carbocycles. The number of ether oxygens (including phenoxy) is 1. The highest BCUT2D eigenvalue weighted by Crippen LogP contribution is 2.31. The van der Waals surface area contributed by atoms with Crippen LogP contribution in [0.5, 0.6) is 0 Å². The number of hydrogen-bond donors (Lipinski definition) is 1. The Morgan fingerprint density at radius 3 is 2.64 bits per heavy atom. The van der Waals surface area contributed by atoms with Crippen molar-refractivity contribution in [3.8, 4) is 0 Å². The van der Waals surface area contributed by atoms with Crippen LogP contribution in [-0.4, -0.2) is 26.5 Å². The molecule has 2 aromatic rings. The third-order valence-corrected chi connectivity index (χ3v) is 5.52. The maximum atomic E-state index is 12.7. The summed E-state index contributed by atoms with van der Waals surface area (Å²) < 4.78 is 69.4. The van der Waals surface area contributed by atoms with Crippen molar-refractivity contribution >= 4 is 32.5 Å². The Bertz CT molecular complexity index is 892. The minimum atomic E-state index is -4.66. The summed E-state index contributed by atoms with van der Waals surface area (Å²) >= 11 is 0.967. The van der Waals surface area contributed by atoms with Crippen molar-refractivity contribution < 1.29 is 31.1 Å². The van der Waals surface area contributed by atoms with Crippen molar-refractivity contribution in [1.29, 1.82) is 0 Å². The summed E-state index contributed by atoms with van der Waals surface area (Å²) in [5, 5.41) is -0.0474. The van der Waals surface area contributed by atoms with Crippen LogP contribution in [0, 0.1) is 6.92 Å². The summed E-state index contributed by atoms with van der Waals surface area (Å²) in [6.45, 7) is 1.64. The van der Waals surface area contributed by atoms with Gasteiger partial charge in [0.25, 0.3) is 10.0 Å². The van der Waals surface area contributed by atoms with E-state index in [0.717, 1.165) is 29.5 Å². The van der Waals surface area contributed by atoms with E-state index in [1.54, 1.807) is 6.92 Å². The molecule has 0 spiro atoms. The van der Waals surface area contributed by atoms with E-state index in [2.05, 4.69) is 14.4 Å². The second-order valence-corrected chi connectivity index (χ2v) is 7.79. The second kappa shape index (κ2) is 7.00. The van der Waals surface area contributed by atoms with Crippen LogP contribution in [0.2, 0.25) is 0 Å². The zero-order valence-corrected chi connectivity index (χ0v) is 14.7. The van der Waals surface area contributed by atoms with Gasteiger partial charge in [-0.1, -0.05) is 6.07 Å². The van der Waals surface area contributed by atoms with Gasteiger partial charge < -0.3 is 4.74 Å². The van der Waals surface area contributed by atoms with Gasteiger partial charge in [-0.05, 0) is 25.1 Å². The first-order valence-corrected chi connectivity index (χ1v) is 9.06. The zero-order valence-electron chi connectivity index (χ0n) is 13.0. The van der Waals surface area contributed by atoms with E-state index >= 15 is 0 Å². The Hall–Kier alpha value is -2.14. The number of anilines is 1. The summed E-state index contributed by atoms with van der Waals surface area (Å²) in [4.78, 5) is 15.3. The van der Waals surface area contributed by atoms with Crippen molar-refractivity contribution in [2.24, 2.45) is 0 Å². The van der Waals surface area contributed by atoms with Gasteiger partial charge in [0.2, 0.25) is 0 Å². The van der Waals surface area contributed by atoms with Crippen LogP contribution in [0.15, 0.2) is 29.2 Å². The van der Waals surface area contributed by atoms with Gasteiger partial charge in [-0.15, -0.1) is 11.3 Å². The predicted octanol–water partition coefficient (Wildman–Crippen LogP) is 2.99. The number of nitrogens with one attached hydrogen (secondary N) is 1. The molecule has 0 saturated heterocycles. The largest absolute Gasteiger partial charge is 0.469 e. The lowest BCUT2D eigenvalue weighted by atomic mass is 10.2. The minimum Gasteiger partial charge on any atom is -0.469 e. The monoisotopic (exact) mass is 394 g/mol. The lowest BCUT2D eigenvalue weighted by molar-refractivity contribution is -0.140. The highest BCUT2D eigenvalue weighted by Gasteiger charge is 2.31. The number of methoxy groups -OCH3 is 1. The molecule has 0 atom stereocenters. The smallest absolute Gasteiger partial charge is 0.416 e. The molecule has 6 nitrogen and oxygen atoms in total. The fourth-order valence-electron chi connectivity index (χ4n) is 1.86. The average Bonchev–Trinajstić information content (AvgIpc) is 2.85. The standard InChI is InChI=1S/C14H13F3N2O4S2/c1-8-11(7-12(20)23-2)18-13(24-8)19-25(21,22)10-5-3-4-9(6-10)14(15,16)17/h3-6H,7H2,1-2H3,(H,18,19). The number of aryl methyl sites for hydroxylation is 1. The molecule has 0 fully saturated rings. The number of nitrogens with zero attached hydrogens (tertiary/aromatic N) is 1. The van der Waals surface area contributed by atoms with Crippen molar-refractivity contribution in [1.82, 2.24) is 4.98 Å². The molecule has 1 heterocycles. The van der Waals surface area contributed by atoms with Crippen molar-refractivity contribution in [3.63, 3.8) is 0 Å². The SMILES string of the molecule is COC(=O)Cc1nc(NS(=O)(=O)c2cccc(C(F)(F)F)c2)sc1C. The third-order valence-electron chi connectivity index (χ3n) is 3.13. The first-order chi connectivity index (χ1) is 11.5. The molecular weight excluding hydrogens is 381 g/mol. The molecule has 0 aliphatic carbocycles. The van der Waals surface area contributed by atoms with Crippen molar-refractivity contribution in [3.05, 3.63) is 40.4 Å². The molecule has 0 aliphatic rings. The molecule has 0 saturated carbocycles. The highest BCUT2D eigenvalue weighted by molar-refractivity contribution is 7.93. The van der Waals surface area contributed by atoms with Crippen LogP contribution < -0.4 is 4.72 Å². The van der Waals surface area contributed by atoms with Gasteiger partial charge in [0, 0.05) is 4.88 Å². The van der Waals surface area contributed by atoms with Gasteiger partial charge in [-0.25, -0.2) is 13.4 Å². The Morgan fingerprint density at radius 2 is 2.04 bits per heavy atom. The number of rotatable bonds is 5. The Morgan fingerprint density at radius 1 is 1.36 bits per heavy atom. The molecular formula is C14H13F3N2O4S2. The number of carbonyl (C=O) groups excluding carboxylic acids is 1. The first-order valence-electron chi connectivity index (χ1n) is 6.76.